The topological polar surface area (TPSA) is 24.1 Å². The second kappa shape index (κ2) is 5.38. The predicted octanol–water partition coefficient (Wildman–Crippen LogP) is 5.98. The second-order valence-electron chi connectivity index (χ2n) is 5.98. The highest BCUT2D eigenvalue weighted by Crippen LogP contribution is 2.40. The van der Waals surface area contributed by atoms with Crippen molar-refractivity contribution < 1.29 is 0 Å². The van der Waals surface area contributed by atoms with Crippen molar-refractivity contribution in [2.24, 2.45) is 0 Å². The molecule has 0 saturated carbocycles. The number of fused-ring (bicyclic) bond motifs is 3. The Morgan fingerprint density at radius 2 is 1.36 bits per heavy atom. The quantitative estimate of drug-likeness (QED) is 0.484. The van der Waals surface area contributed by atoms with Crippen LogP contribution in [-0.4, -0.2) is 0 Å². The molecular formula is C20H20N2. The molecule has 3 aromatic carbocycles. The van der Waals surface area contributed by atoms with Gasteiger partial charge in [-0.15, -0.1) is 0 Å². The Bertz CT molecular complexity index is 836. The zero-order valence-corrected chi connectivity index (χ0v) is 12.8. The fraction of sp³-hybridized carbons (Fsp3) is 0.200. The molecule has 1 heterocycles. The molecule has 2 nitrogen and oxygen atoms in total. The number of rotatable bonds is 3. The molecule has 1 aliphatic heterocycles. The van der Waals surface area contributed by atoms with Gasteiger partial charge in [0, 0.05) is 0 Å². The summed E-state index contributed by atoms with van der Waals surface area (Å²) in [6, 6.07) is 19.6. The Morgan fingerprint density at radius 3 is 2.05 bits per heavy atom. The molecule has 0 atom stereocenters. The van der Waals surface area contributed by atoms with Gasteiger partial charge in [-0.25, -0.2) is 0 Å². The number of benzene rings is 3. The van der Waals surface area contributed by atoms with Gasteiger partial charge in [0.2, 0.25) is 0 Å². The van der Waals surface area contributed by atoms with E-state index in [-0.39, 0.29) is 0 Å². The van der Waals surface area contributed by atoms with Crippen LogP contribution in [0.25, 0.3) is 10.8 Å². The standard InChI is InChI=1S/C20H20N2/c1-2-3-6-14-9-10-17-18(11-14)22-20-13-16-8-5-4-7-15(16)12-19(20)21-17/h4-5,7-13,21-22H,2-3,6H2,1H3. The molecule has 0 spiro atoms. The lowest BCUT2D eigenvalue weighted by atomic mass is 10.0. The molecular weight excluding hydrogens is 268 g/mol. The summed E-state index contributed by atoms with van der Waals surface area (Å²) in [5.41, 5.74) is 6.03. The summed E-state index contributed by atoms with van der Waals surface area (Å²) >= 11 is 0. The molecule has 0 bridgehead atoms. The van der Waals surface area contributed by atoms with Gasteiger partial charge in [0.1, 0.15) is 0 Å². The van der Waals surface area contributed by atoms with Gasteiger partial charge in [-0.3, -0.25) is 0 Å². The minimum atomic E-state index is 1.15. The fourth-order valence-electron chi connectivity index (χ4n) is 3.08. The molecule has 4 rings (SSSR count). The summed E-state index contributed by atoms with van der Waals surface area (Å²) in [6.45, 7) is 2.24. The van der Waals surface area contributed by atoms with E-state index in [4.69, 9.17) is 0 Å². The van der Waals surface area contributed by atoms with Crippen molar-refractivity contribution in [3.8, 4) is 0 Å². The van der Waals surface area contributed by atoms with Crippen LogP contribution in [-0.2, 0) is 6.42 Å². The molecule has 3 aromatic rings. The maximum Gasteiger partial charge on any atom is 0.0630 e. The molecule has 2 heteroatoms. The molecule has 0 aliphatic carbocycles. The van der Waals surface area contributed by atoms with E-state index in [1.807, 2.05) is 0 Å². The normalized spacial score (nSPS) is 12.2. The summed E-state index contributed by atoms with van der Waals surface area (Å²) in [6.07, 6.45) is 3.63. The summed E-state index contributed by atoms with van der Waals surface area (Å²) in [7, 11) is 0. The van der Waals surface area contributed by atoms with E-state index >= 15 is 0 Å². The smallest absolute Gasteiger partial charge is 0.0630 e. The molecule has 0 amide bonds. The highest BCUT2D eigenvalue weighted by Gasteiger charge is 2.15. The molecule has 0 fully saturated rings. The third-order valence-electron chi connectivity index (χ3n) is 4.33. The minimum Gasteiger partial charge on any atom is -0.352 e. The SMILES string of the molecule is CCCCc1ccc2c(c1)Nc1cc3ccccc3cc1N2. The van der Waals surface area contributed by atoms with E-state index in [2.05, 4.69) is 72.2 Å². The molecule has 0 radical (unpaired) electrons. The Labute approximate surface area is 131 Å². The van der Waals surface area contributed by atoms with Gasteiger partial charge in [-0.1, -0.05) is 43.7 Å². The first-order valence-electron chi connectivity index (χ1n) is 8.03. The first kappa shape index (κ1) is 13.2. The van der Waals surface area contributed by atoms with Crippen LogP contribution in [0.2, 0.25) is 0 Å². The Morgan fingerprint density at radius 1 is 0.727 bits per heavy atom. The lowest BCUT2D eigenvalue weighted by Crippen LogP contribution is -2.06. The number of hydrogen-bond donors (Lipinski definition) is 2. The van der Waals surface area contributed by atoms with Crippen LogP contribution in [0, 0.1) is 0 Å². The third kappa shape index (κ3) is 2.31. The lowest BCUT2D eigenvalue weighted by Gasteiger charge is -2.24. The van der Waals surface area contributed by atoms with Gasteiger partial charge in [0.25, 0.3) is 0 Å². The van der Waals surface area contributed by atoms with Crippen LogP contribution in [0.5, 0.6) is 0 Å². The van der Waals surface area contributed by atoms with Gasteiger partial charge in [-0.05, 0) is 53.4 Å². The zero-order valence-electron chi connectivity index (χ0n) is 12.8. The van der Waals surface area contributed by atoms with E-state index in [0.29, 0.717) is 0 Å². The van der Waals surface area contributed by atoms with Gasteiger partial charge < -0.3 is 10.6 Å². The first-order valence-corrected chi connectivity index (χ1v) is 8.03. The summed E-state index contributed by atoms with van der Waals surface area (Å²) < 4.78 is 0. The van der Waals surface area contributed by atoms with E-state index < -0.39 is 0 Å². The number of aryl methyl sites for hydroxylation is 1. The first-order chi connectivity index (χ1) is 10.8. The number of nitrogens with one attached hydrogen (secondary N) is 2. The van der Waals surface area contributed by atoms with E-state index in [1.54, 1.807) is 0 Å². The monoisotopic (exact) mass is 288 g/mol. The molecule has 22 heavy (non-hydrogen) atoms. The van der Waals surface area contributed by atoms with Crippen molar-refractivity contribution >= 4 is 33.5 Å². The number of hydrogen-bond acceptors (Lipinski definition) is 2. The van der Waals surface area contributed by atoms with Gasteiger partial charge >= 0.3 is 0 Å². The van der Waals surface area contributed by atoms with Gasteiger partial charge in [0.05, 0.1) is 22.7 Å². The predicted molar refractivity (Wildman–Crippen MR) is 95.6 cm³/mol. The Kier molecular flexibility index (Phi) is 3.23. The number of unbranched alkanes of at least 4 members (excludes halogenated alkanes) is 1. The van der Waals surface area contributed by atoms with Crippen LogP contribution in [0.3, 0.4) is 0 Å². The highest BCUT2D eigenvalue weighted by atomic mass is 15.0. The van der Waals surface area contributed by atoms with Crippen LogP contribution in [0.1, 0.15) is 25.3 Å². The molecule has 0 unspecified atom stereocenters. The van der Waals surface area contributed by atoms with Crippen molar-refractivity contribution in [2.75, 3.05) is 10.6 Å². The Hall–Kier alpha value is -2.48. The van der Waals surface area contributed by atoms with E-state index in [1.165, 1.54) is 34.9 Å². The van der Waals surface area contributed by atoms with Crippen LogP contribution >= 0.6 is 0 Å². The summed E-state index contributed by atoms with van der Waals surface area (Å²) in [5.74, 6) is 0. The average Bonchev–Trinajstić information content (AvgIpc) is 2.56. The molecule has 0 saturated heterocycles. The van der Waals surface area contributed by atoms with Gasteiger partial charge in [0.15, 0.2) is 0 Å². The van der Waals surface area contributed by atoms with Crippen molar-refractivity contribution in [2.45, 2.75) is 26.2 Å². The van der Waals surface area contributed by atoms with Crippen LogP contribution in [0.15, 0.2) is 54.6 Å². The molecule has 110 valence electrons. The van der Waals surface area contributed by atoms with E-state index in [0.717, 1.165) is 23.5 Å². The van der Waals surface area contributed by atoms with Crippen molar-refractivity contribution in [3.05, 3.63) is 60.2 Å². The lowest BCUT2D eigenvalue weighted by molar-refractivity contribution is 0.795. The maximum atomic E-state index is 3.59. The van der Waals surface area contributed by atoms with Crippen LogP contribution < -0.4 is 10.6 Å². The minimum absolute atomic E-state index is 1.15. The summed E-state index contributed by atoms with van der Waals surface area (Å²) in [4.78, 5) is 0. The Balaban J connectivity index is 1.71. The van der Waals surface area contributed by atoms with Crippen LogP contribution in [0.4, 0.5) is 22.7 Å². The zero-order chi connectivity index (χ0) is 14.9. The summed E-state index contributed by atoms with van der Waals surface area (Å²) in [5, 5.41) is 9.67. The molecule has 1 aliphatic rings. The highest BCUT2D eigenvalue weighted by molar-refractivity contribution is 5.98. The fourth-order valence-corrected chi connectivity index (χ4v) is 3.08. The molecule has 0 aromatic heterocycles. The number of anilines is 4. The molecule has 2 N–H and O–H groups in total. The van der Waals surface area contributed by atoms with Crippen molar-refractivity contribution in [3.63, 3.8) is 0 Å². The second-order valence-corrected chi connectivity index (χ2v) is 5.98. The van der Waals surface area contributed by atoms with Gasteiger partial charge in [-0.2, -0.15) is 0 Å². The van der Waals surface area contributed by atoms with Crippen molar-refractivity contribution in [1.29, 1.82) is 0 Å². The average molecular weight is 288 g/mol. The largest absolute Gasteiger partial charge is 0.352 e. The maximum absolute atomic E-state index is 3.59. The third-order valence-corrected chi connectivity index (χ3v) is 4.33. The van der Waals surface area contributed by atoms with E-state index in [9.17, 15) is 0 Å². The van der Waals surface area contributed by atoms with Crippen molar-refractivity contribution in [1.82, 2.24) is 0 Å².